The first-order valence-electron chi connectivity index (χ1n) is 7.14. The van der Waals surface area contributed by atoms with Gasteiger partial charge in [-0.2, -0.15) is 4.31 Å². The monoisotopic (exact) mass is 323 g/mol. The molecule has 2 heterocycles. The number of methoxy groups -OCH3 is 1. The molecule has 3 rings (SSSR count). The highest BCUT2D eigenvalue weighted by atomic mass is 32.2. The summed E-state index contributed by atoms with van der Waals surface area (Å²) in [5.41, 5.74) is -0.534. The second-order valence-electron chi connectivity index (χ2n) is 5.27. The summed E-state index contributed by atoms with van der Waals surface area (Å²) >= 11 is 0. The number of hydrogen-bond donors (Lipinski definition) is 0. The van der Waals surface area contributed by atoms with Crippen molar-refractivity contribution in [3.05, 3.63) is 34.7 Å². The summed E-state index contributed by atoms with van der Waals surface area (Å²) in [6.45, 7) is 0.894. The van der Waals surface area contributed by atoms with Gasteiger partial charge in [0.1, 0.15) is 11.3 Å². The normalized spacial score (nSPS) is 16.8. The van der Waals surface area contributed by atoms with E-state index in [1.165, 1.54) is 17.5 Å². The third kappa shape index (κ3) is 2.62. The van der Waals surface area contributed by atoms with Crippen LogP contribution in [-0.4, -0.2) is 32.9 Å². The van der Waals surface area contributed by atoms with Crippen LogP contribution in [0.1, 0.15) is 19.3 Å². The number of benzene rings is 1. The average molecular weight is 323 g/mol. The molecule has 0 saturated carbocycles. The highest BCUT2D eigenvalue weighted by molar-refractivity contribution is 7.89. The minimum Gasteiger partial charge on any atom is -0.497 e. The van der Waals surface area contributed by atoms with Gasteiger partial charge in [0.2, 0.25) is 10.0 Å². The van der Waals surface area contributed by atoms with Crippen LogP contribution in [0.5, 0.6) is 5.75 Å². The third-order valence-electron chi connectivity index (χ3n) is 3.84. The molecule has 1 fully saturated rings. The molecule has 0 amide bonds. The maximum atomic E-state index is 12.6. The van der Waals surface area contributed by atoms with E-state index in [9.17, 15) is 13.2 Å². The van der Waals surface area contributed by atoms with Crippen LogP contribution in [0.3, 0.4) is 0 Å². The predicted octanol–water partition coefficient (Wildman–Crippen LogP) is 1.98. The van der Waals surface area contributed by atoms with E-state index < -0.39 is 15.6 Å². The molecule has 0 spiro atoms. The van der Waals surface area contributed by atoms with Crippen molar-refractivity contribution in [1.82, 2.24) is 4.31 Å². The van der Waals surface area contributed by atoms with Gasteiger partial charge >= 0.3 is 5.63 Å². The molecule has 2 aromatic rings. The van der Waals surface area contributed by atoms with E-state index in [0.29, 0.717) is 29.8 Å². The molecule has 22 heavy (non-hydrogen) atoms. The Labute approximate surface area is 128 Å². The van der Waals surface area contributed by atoms with Crippen LogP contribution in [0.2, 0.25) is 0 Å². The molecule has 1 aromatic heterocycles. The fourth-order valence-corrected chi connectivity index (χ4v) is 4.17. The number of sulfonamides is 1. The van der Waals surface area contributed by atoms with Crippen molar-refractivity contribution in [3.63, 3.8) is 0 Å². The van der Waals surface area contributed by atoms with Crippen LogP contribution in [0.25, 0.3) is 11.0 Å². The Morgan fingerprint density at radius 3 is 2.55 bits per heavy atom. The summed E-state index contributed by atoms with van der Waals surface area (Å²) in [5.74, 6) is 0.544. The van der Waals surface area contributed by atoms with E-state index in [4.69, 9.17) is 9.15 Å². The van der Waals surface area contributed by atoms with E-state index in [-0.39, 0.29) is 4.90 Å². The van der Waals surface area contributed by atoms with E-state index in [2.05, 4.69) is 0 Å². The van der Waals surface area contributed by atoms with Gasteiger partial charge in [0, 0.05) is 24.5 Å². The maximum absolute atomic E-state index is 12.6. The molecule has 0 aliphatic carbocycles. The molecule has 0 unspecified atom stereocenters. The number of rotatable bonds is 3. The first-order chi connectivity index (χ1) is 10.5. The van der Waals surface area contributed by atoms with Crippen molar-refractivity contribution >= 4 is 21.0 Å². The highest BCUT2D eigenvalue weighted by Gasteiger charge is 2.29. The quantitative estimate of drug-likeness (QED) is 0.807. The topological polar surface area (TPSA) is 76.8 Å². The first kappa shape index (κ1) is 15.1. The number of ether oxygens (including phenoxy) is 1. The Balaban J connectivity index is 2.10. The zero-order valence-corrected chi connectivity index (χ0v) is 13.1. The van der Waals surface area contributed by atoms with Crippen molar-refractivity contribution in [2.45, 2.75) is 24.2 Å². The molecule has 118 valence electrons. The fraction of sp³-hybridized carbons (Fsp3) is 0.400. The van der Waals surface area contributed by atoms with Crippen molar-refractivity contribution in [2.75, 3.05) is 20.2 Å². The third-order valence-corrected chi connectivity index (χ3v) is 5.73. The predicted molar refractivity (Wildman–Crippen MR) is 81.6 cm³/mol. The van der Waals surface area contributed by atoms with E-state index in [1.54, 1.807) is 18.2 Å². The van der Waals surface area contributed by atoms with Gasteiger partial charge in [0.15, 0.2) is 4.90 Å². The summed E-state index contributed by atoms with van der Waals surface area (Å²) < 4.78 is 36.8. The molecule has 1 aliphatic heterocycles. The molecular formula is C15H17NO5S. The summed E-state index contributed by atoms with van der Waals surface area (Å²) in [4.78, 5) is 11.8. The standard InChI is InChI=1S/C15H17NO5S/c1-20-12-6-5-11-9-14(15(17)21-13(11)10-12)22(18,19)16-7-3-2-4-8-16/h5-6,9-10H,2-4,7-8H2,1H3. The van der Waals surface area contributed by atoms with Crippen LogP contribution >= 0.6 is 0 Å². The zero-order chi connectivity index (χ0) is 15.7. The summed E-state index contributed by atoms with van der Waals surface area (Å²) in [6.07, 6.45) is 2.64. The van der Waals surface area contributed by atoms with E-state index in [0.717, 1.165) is 19.3 Å². The van der Waals surface area contributed by atoms with Gasteiger partial charge in [-0.05, 0) is 31.0 Å². The fourth-order valence-electron chi connectivity index (χ4n) is 2.62. The minimum absolute atomic E-state index is 0.299. The lowest BCUT2D eigenvalue weighted by molar-refractivity contribution is 0.345. The second-order valence-corrected chi connectivity index (χ2v) is 7.17. The van der Waals surface area contributed by atoms with Crippen molar-refractivity contribution < 1.29 is 17.6 Å². The Bertz CT molecular complexity index is 850. The SMILES string of the molecule is COc1ccc2cc(S(=O)(=O)N3CCCCC3)c(=O)oc2c1. The molecule has 0 radical (unpaired) electrons. The maximum Gasteiger partial charge on any atom is 0.356 e. The number of fused-ring (bicyclic) bond motifs is 1. The Morgan fingerprint density at radius 1 is 1.14 bits per heavy atom. The molecule has 0 atom stereocenters. The summed E-state index contributed by atoms with van der Waals surface area (Å²) in [5, 5.41) is 0.552. The molecule has 1 saturated heterocycles. The van der Waals surface area contributed by atoms with Gasteiger partial charge in [0.25, 0.3) is 0 Å². The lowest BCUT2D eigenvalue weighted by Crippen LogP contribution is -2.37. The lowest BCUT2D eigenvalue weighted by Gasteiger charge is -2.25. The van der Waals surface area contributed by atoms with E-state index in [1.807, 2.05) is 0 Å². The van der Waals surface area contributed by atoms with Crippen molar-refractivity contribution in [1.29, 1.82) is 0 Å². The summed E-state index contributed by atoms with van der Waals surface area (Å²) in [7, 11) is -2.30. The van der Waals surface area contributed by atoms with Gasteiger partial charge < -0.3 is 9.15 Å². The molecule has 0 N–H and O–H groups in total. The van der Waals surface area contributed by atoms with Crippen LogP contribution in [-0.2, 0) is 10.0 Å². The van der Waals surface area contributed by atoms with Gasteiger partial charge in [-0.25, -0.2) is 13.2 Å². The van der Waals surface area contributed by atoms with E-state index >= 15 is 0 Å². The Kier molecular flexibility index (Phi) is 3.92. The smallest absolute Gasteiger partial charge is 0.356 e. The van der Waals surface area contributed by atoms with Gasteiger partial charge in [-0.3, -0.25) is 0 Å². The summed E-state index contributed by atoms with van der Waals surface area (Å²) in [6, 6.07) is 6.31. The number of hydrogen-bond acceptors (Lipinski definition) is 5. The molecule has 1 aromatic carbocycles. The van der Waals surface area contributed by atoms with Gasteiger partial charge in [-0.15, -0.1) is 0 Å². The molecule has 0 bridgehead atoms. The Morgan fingerprint density at radius 2 is 1.86 bits per heavy atom. The van der Waals surface area contributed by atoms with Crippen LogP contribution in [0, 0.1) is 0 Å². The first-order valence-corrected chi connectivity index (χ1v) is 8.58. The van der Waals surface area contributed by atoms with Crippen molar-refractivity contribution in [3.8, 4) is 5.75 Å². The molecular weight excluding hydrogens is 306 g/mol. The number of nitrogens with zero attached hydrogens (tertiary/aromatic N) is 1. The molecule has 1 aliphatic rings. The highest BCUT2D eigenvalue weighted by Crippen LogP contribution is 2.24. The average Bonchev–Trinajstić information content (AvgIpc) is 2.54. The second kappa shape index (κ2) is 5.73. The largest absolute Gasteiger partial charge is 0.497 e. The van der Waals surface area contributed by atoms with Crippen molar-refractivity contribution in [2.24, 2.45) is 0 Å². The molecule has 7 heteroatoms. The molecule has 6 nitrogen and oxygen atoms in total. The van der Waals surface area contributed by atoms with Crippen LogP contribution < -0.4 is 10.4 Å². The minimum atomic E-state index is -3.80. The van der Waals surface area contributed by atoms with Gasteiger partial charge in [0.05, 0.1) is 7.11 Å². The Hall–Kier alpha value is -1.86. The van der Waals surface area contributed by atoms with Gasteiger partial charge in [-0.1, -0.05) is 6.42 Å². The van der Waals surface area contributed by atoms with Crippen LogP contribution in [0.15, 0.2) is 38.4 Å². The lowest BCUT2D eigenvalue weighted by atomic mass is 10.2. The number of piperidine rings is 1. The van der Waals surface area contributed by atoms with Crippen LogP contribution in [0.4, 0.5) is 0 Å². The zero-order valence-electron chi connectivity index (χ0n) is 12.2.